The molecule has 0 spiro atoms. The van der Waals surface area contributed by atoms with Crippen LogP contribution in [0.1, 0.15) is 17.1 Å². The first-order valence-corrected chi connectivity index (χ1v) is 5.66. The van der Waals surface area contributed by atoms with E-state index in [0.29, 0.717) is 6.54 Å². The molecule has 0 amide bonds. The summed E-state index contributed by atoms with van der Waals surface area (Å²) in [6, 6.07) is 0. The fourth-order valence-corrected chi connectivity index (χ4v) is 2.58. The van der Waals surface area contributed by atoms with E-state index in [1.807, 2.05) is 24.0 Å². The molecule has 0 atom stereocenters. The van der Waals surface area contributed by atoms with Crippen LogP contribution >= 0.6 is 11.3 Å². The van der Waals surface area contributed by atoms with Crippen LogP contribution in [-0.2, 0) is 13.6 Å². The number of aromatic nitrogens is 3. The quantitative estimate of drug-likeness (QED) is 0.840. The predicted molar refractivity (Wildman–Crippen MR) is 61.7 cm³/mol. The largest absolute Gasteiger partial charge is 0.325 e. The number of nitrogens with zero attached hydrogens (tertiary/aromatic N) is 3. The van der Waals surface area contributed by atoms with Gasteiger partial charge in [-0.3, -0.25) is 4.68 Å². The summed E-state index contributed by atoms with van der Waals surface area (Å²) in [5.41, 5.74) is 9.79. The smallest absolute Gasteiger partial charge is 0.127 e. The number of nitrogens with two attached hydrogens (primary N) is 1. The fourth-order valence-electron chi connectivity index (χ4n) is 1.60. The third kappa shape index (κ3) is 1.68. The summed E-state index contributed by atoms with van der Waals surface area (Å²) in [5.74, 6) is 0. The van der Waals surface area contributed by atoms with Gasteiger partial charge in [-0.25, -0.2) is 4.98 Å². The van der Waals surface area contributed by atoms with Gasteiger partial charge in [0.05, 0.1) is 17.0 Å². The lowest BCUT2D eigenvalue weighted by atomic mass is 10.2. The van der Waals surface area contributed by atoms with E-state index in [9.17, 15) is 0 Å². The Morgan fingerprint density at radius 3 is 2.67 bits per heavy atom. The van der Waals surface area contributed by atoms with Crippen LogP contribution in [0.25, 0.3) is 10.6 Å². The van der Waals surface area contributed by atoms with Gasteiger partial charge in [0.15, 0.2) is 0 Å². The van der Waals surface area contributed by atoms with Crippen LogP contribution in [0, 0.1) is 13.8 Å². The number of hydrogen-bond acceptors (Lipinski definition) is 4. The van der Waals surface area contributed by atoms with Crippen molar-refractivity contribution >= 4 is 11.3 Å². The summed E-state index contributed by atoms with van der Waals surface area (Å²) in [5, 5.41) is 7.39. The Balaban J connectivity index is 2.53. The highest BCUT2D eigenvalue weighted by Crippen LogP contribution is 2.29. The second kappa shape index (κ2) is 3.75. The van der Waals surface area contributed by atoms with Gasteiger partial charge in [-0.05, 0) is 13.8 Å². The first-order valence-electron chi connectivity index (χ1n) is 4.78. The normalized spacial score (nSPS) is 10.9. The van der Waals surface area contributed by atoms with Gasteiger partial charge in [-0.2, -0.15) is 5.10 Å². The SMILES string of the molecule is Cc1nn(C)c(C)c1-c1nc(CN)cs1. The van der Waals surface area contributed by atoms with Gasteiger partial charge >= 0.3 is 0 Å². The van der Waals surface area contributed by atoms with Gasteiger partial charge in [-0.15, -0.1) is 11.3 Å². The molecular weight excluding hydrogens is 208 g/mol. The van der Waals surface area contributed by atoms with Crippen LogP contribution < -0.4 is 5.73 Å². The maximum Gasteiger partial charge on any atom is 0.127 e. The van der Waals surface area contributed by atoms with Crippen LogP contribution in [0.5, 0.6) is 0 Å². The third-order valence-corrected chi connectivity index (χ3v) is 3.39. The lowest BCUT2D eigenvalue weighted by Gasteiger charge is -1.96. The van der Waals surface area contributed by atoms with Crippen molar-refractivity contribution < 1.29 is 0 Å². The van der Waals surface area contributed by atoms with Crippen molar-refractivity contribution in [2.75, 3.05) is 0 Å². The van der Waals surface area contributed by atoms with E-state index in [0.717, 1.165) is 27.7 Å². The molecule has 0 saturated carbocycles. The molecule has 0 aliphatic rings. The van der Waals surface area contributed by atoms with Crippen molar-refractivity contribution in [3.8, 4) is 10.6 Å². The van der Waals surface area contributed by atoms with Crippen molar-refractivity contribution in [3.63, 3.8) is 0 Å². The molecule has 0 saturated heterocycles. The number of thiazole rings is 1. The molecule has 2 rings (SSSR count). The van der Waals surface area contributed by atoms with E-state index < -0.39 is 0 Å². The highest BCUT2D eigenvalue weighted by molar-refractivity contribution is 7.13. The monoisotopic (exact) mass is 222 g/mol. The third-order valence-electron chi connectivity index (χ3n) is 2.48. The zero-order valence-corrected chi connectivity index (χ0v) is 9.93. The van der Waals surface area contributed by atoms with E-state index in [4.69, 9.17) is 5.73 Å². The Bertz CT molecular complexity index is 484. The molecule has 80 valence electrons. The summed E-state index contributed by atoms with van der Waals surface area (Å²) >= 11 is 1.62. The topological polar surface area (TPSA) is 56.7 Å². The van der Waals surface area contributed by atoms with Gasteiger partial charge in [0.2, 0.25) is 0 Å². The predicted octanol–water partition coefficient (Wildman–Crippen LogP) is 1.62. The lowest BCUT2D eigenvalue weighted by molar-refractivity contribution is 0.731. The first-order chi connectivity index (χ1) is 7.13. The highest BCUT2D eigenvalue weighted by atomic mass is 32.1. The number of aryl methyl sites for hydroxylation is 2. The van der Waals surface area contributed by atoms with Crippen molar-refractivity contribution in [1.29, 1.82) is 0 Å². The molecule has 2 N–H and O–H groups in total. The Morgan fingerprint density at radius 1 is 1.47 bits per heavy atom. The van der Waals surface area contributed by atoms with Gasteiger partial charge < -0.3 is 5.73 Å². The van der Waals surface area contributed by atoms with Crippen molar-refractivity contribution in [3.05, 3.63) is 22.5 Å². The summed E-state index contributed by atoms with van der Waals surface area (Å²) < 4.78 is 1.88. The van der Waals surface area contributed by atoms with E-state index in [1.165, 1.54) is 0 Å². The van der Waals surface area contributed by atoms with Crippen LogP contribution in [0.3, 0.4) is 0 Å². The maximum atomic E-state index is 5.55. The summed E-state index contributed by atoms with van der Waals surface area (Å²) in [4.78, 5) is 4.47. The fraction of sp³-hybridized carbons (Fsp3) is 0.400. The van der Waals surface area contributed by atoms with Gasteiger partial charge in [0.25, 0.3) is 0 Å². The van der Waals surface area contributed by atoms with Crippen LogP contribution in [-0.4, -0.2) is 14.8 Å². The molecule has 0 aliphatic heterocycles. The summed E-state index contributed by atoms with van der Waals surface area (Å²) in [6.07, 6.45) is 0. The average Bonchev–Trinajstić information content (AvgIpc) is 2.74. The zero-order chi connectivity index (χ0) is 11.0. The molecule has 2 aromatic rings. The van der Waals surface area contributed by atoms with Gasteiger partial charge in [0, 0.05) is 24.7 Å². The Hall–Kier alpha value is -1.20. The minimum atomic E-state index is 0.495. The molecule has 0 fully saturated rings. The average molecular weight is 222 g/mol. The molecule has 0 aromatic carbocycles. The molecule has 4 nitrogen and oxygen atoms in total. The van der Waals surface area contributed by atoms with E-state index in [2.05, 4.69) is 17.0 Å². The molecule has 5 heteroatoms. The van der Waals surface area contributed by atoms with Crippen molar-refractivity contribution in [1.82, 2.24) is 14.8 Å². The van der Waals surface area contributed by atoms with E-state index in [-0.39, 0.29) is 0 Å². The zero-order valence-electron chi connectivity index (χ0n) is 9.11. The molecule has 0 bridgehead atoms. The summed E-state index contributed by atoms with van der Waals surface area (Å²) in [7, 11) is 1.95. The first kappa shape index (κ1) is 10.3. The molecule has 0 radical (unpaired) electrons. The Morgan fingerprint density at radius 2 is 2.20 bits per heavy atom. The lowest BCUT2D eigenvalue weighted by Crippen LogP contribution is -1.96. The van der Waals surface area contributed by atoms with Gasteiger partial charge in [-0.1, -0.05) is 0 Å². The van der Waals surface area contributed by atoms with Gasteiger partial charge in [0.1, 0.15) is 5.01 Å². The minimum absolute atomic E-state index is 0.495. The van der Waals surface area contributed by atoms with Crippen LogP contribution in [0.2, 0.25) is 0 Å². The molecular formula is C10H14N4S. The van der Waals surface area contributed by atoms with Crippen molar-refractivity contribution in [2.24, 2.45) is 12.8 Å². The molecule has 15 heavy (non-hydrogen) atoms. The minimum Gasteiger partial charge on any atom is -0.325 e. The van der Waals surface area contributed by atoms with Crippen molar-refractivity contribution in [2.45, 2.75) is 20.4 Å². The summed E-state index contributed by atoms with van der Waals surface area (Å²) in [6.45, 7) is 4.56. The molecule has 0 unspecified atom stereocenters. The Labute approximate surface area is 92.8 Å². The number of hydrogen-bond donors (Lipinski definition) is 1. The molecule has 2 heterocycles. The highest BCUT2D eigenvalue weighted by Gasteiger charge is 2.14. The molecule has 0 aliphatic carbocycles. The Kier molecular flexibility index (Phi) is 2.58. The maximum absolute atomic E-state index is 5.55. The second-order valence-corrected chi connectivity index (χ2v) is 4.38. The molecule has 2 aromatic heterocycles. The standard InChI is InChI=1S/C10H14N4S/c1-6-9(7(2)14(3)13-6)10-12-8(4-11)5-15-10/h5H,4,11H2,1-3H3. The van der Waals surface area contributed by atoms with E-state index in [1.54, 1.807) is 11.3 Å². The van der Waals surface area contributed by atoms with E-state index >= 15 is 0 Å². The van der Waals surface area contributed by atoms with Crippen LogP contribution in [0.4, 0.5) is 0 Å². The van der Waals surface area contributed by atoms with Crippen LogP contribution in [0.15, 0.2) is 5.38 Å². The number of rotatable bonds is 2. The second-order valence-electron chi connectivity index (χ2n) is 3.52.